The molecule has 192 valence electrons. The van der Waals surface area contributed by atoms with Crippen LogP contribution in [0.2, 0.25) is 0 Å². The first kappa shape index (κ1) is 24.5. The Labute approximate surface area is 215 Å². The molecule has 0 spiro atoms. The van der Waals surface area contributed by atoms with Crippen LogP contribution in [0.3, 0.4) is 0 Å². The van der Waals surface area contributed by atoms with Gasteiger partial charge in [0.15, 0.2) is 5.65 Å². The number of rotatable bonds is 8. The number of para-hydroxylation sites is 2. The number of urea groups is 1. The lowest BCUT2D eigenvalue weighted by Gasteiger charge is -2.23. The predicted octanol–water partition coefficient (Wildman–Crippen LogP) is 4.63. The maximum absolute atomic E-state index is 12.6. The molecule has 4 N–H and O–H groups in total. The van der Waals surface area contributed by atoms with Gasteiger partial charge in [-0.15, -0.1) is 0 Å². The second-order valence-corrected chi connectivity index (χ2v) is 9.36. The van der Waals surface area contributed by atoms with E-state index in [1.165, 1.54) is 0 Å². The number of nitrogens with zero attached hydrogens (tertiary/aromatic N) is 4. The van der Waals surface area contributed by atoms with Gasteiger partial charge in [-0.3, -0.25) is 0 Å². The average molecular weight is 501 g/mol. The largest absolute Gasteiger partial charge is 0.459 e. The normalized spacial score (nSPS) is 15.5. The summed E-state index contributed by atoms with van der Waals surface area (Å²) in [5, 5.41) is 17.1. The number of aromatic nitrogens is 4. The minimum Gasteiger partial charge on any atom is -0.459 e. The number of nitrogens with one attached hydrogen (secondary N) is 4. The smallest absolute Gasteiger partial charge is 0.323 e. The second-order valence-electron chi connectivity index (χ2n) is 9.36. The number of benzene rings is 2. The van der Waals surface area contributed by atoms with Crippen LogP contribution in [0.15, 0.2) is 60.8 Å². The highest BCUT2D eigenvalue weighted by atomic mass is 16.5. The van der Waals surface area contributed by atoms with Gasteiger partial charge in [0.1, 0.15) is 6.10 Å². The van der Waals surface area contributed by atoms with Crippen molar-refractivity contribution in [3.05, 3.63) is 71.9 Å². The van der Waals surface area contributed by atoms with Gasteiger partial charge < -0.3 is 26.0 Å². The quantitative estimate of drug-likeness (QED) is 0.279. The Morgan fingerprint density at radius 1 is 1.11 bits per heavy atom. The molecule has 37 heavy (non-hydrogen) atoms. The third-order valence-electron chi connectivity index (χ3n) is 6.25. The van der Waals surface area contributed by atoms with Crippen LogP contribution < -0.4 is 26.0 Å². The van der Waals surface area contributed by atoms with E-state index in [9.17, 15) is 4.79 Å². The molecule has 1 aliphatic heterocycles. The van der Waals surface area contributed by atoms with Crippen molar-refractivity contribution in [2.24, 2.45) is 0 Å². The molecule has 3 heterocycles. The summed E-state index contributed by atoms with van der Waals surface area (Å²) in [6.07, 6.45) is 3.88. The first-order chi connectivity index (χ1) is 18.1. The maximum Gasteiger partial charge on any atom is 0.323 e. The van der Waals surface area contributed by atoms with Gasteiger partial charge in [-0.25, -0.2) is 4.79 Å². The summed E-state index contributed by atoms with van der Waals surface area (Å²) in [4.78, 5) is 21.9. The van der Waals surface area contributed by atoms with Gasteiger partial charge in [0, 0.05) is 30.0 Å². The Morgan fingerprint density at radius 3 is 2.70 bits per heavy atom. The molecule has 2 aromatic heterocycles. The minimum atomic E-state index is -0.312. The summed E-state index contributed by atoms with van der Waals surface area (Å²) in [7, 11) is 0. The molecule has 1 fully saturated rings. The second kappa shape index (κ2) is 11.3. The van der Waals surface area contributed by atoms with Gasteiger partial charge in [-0.05, 0) is 49.1 Å². The van der Waals surface area contributed by atoms with Crippen molar-refractivity contribution in [2.45, 2.75) is 45.3 Å². The van der Waals surface area contributed by atoms with E-state index >= 15 is 0 Å². The van der Waals surface area contributed by atoms with E-state index in [-0.39, 0.29) is 18.1 Å². The fourth-order valence-corrected chi connectivity index (χ4v) is 4.30. The van der Waals surface area contributed by atoms with Crippen LogP contribution in [0.4, 0.5) is 22.1 Å². The fourth-order valence-electron chi connectivity index (χ4n) is 4.30. The molecule has 2 aromatic carbocycles. The highest BCUT2D eigenvalue weighted by molar-refractivity contribution is 6.00. The molecule has 1 atom stereocenters. The van der Waals surface area contributed by atoms with E-state index in [0.717, 1.165) is 48.4 Å². The summed E-state index contributed by atoms with van der Waals surface area (Å²) < 4.78 is 7.87. The summed E-state index contributed by atoms with van der Waals surface area (Å²) in [5.41, 5.74) is 4.06. The number of hydrogen-bond donors (Lipinski definition) is 4. The molecular formula is C27H32N8O2. The summed E-state index contributed by atoms with van der Waals surface area (Å²) in [6, 6.07) is 17.0. The lowest BCUT2D eigenvalue weighted by Crippen LogP contribution is -2.37. The molecular weight excluding hydrogens is 468 g/mol. The summed E-state index contributed by atoms with van der Waals surface area (Å²) >= 11 is 0. The third-order valence-corrected chi connectivity index (χ3v) is 6.25. The molecule has 5 rings (SSSR count). The molecule has 10 heteroatoms. The van der Waals surface area contributed by atoms with Gasteiger partial charge in [0.2, 0.25) is 5.95 Å². The number of anilines is 3. The molecule has 0 aliphatic carbocycles. The number of piperidine rings is 1. The highest BCUT2D eigenvalue weighted by Crippen LogP contribution is 2.24. The molecule has 0 saturated carbocycles. The maximum atomic E-state index is 12.6. The van der Waals surface area contributed by atoms with E-state index in [1.807, 2.05) is 60.8 Å². The lowest BCUT2D eigenvalue weighted by atomic mass is 10.1. The Balaban J connectivity index is 1.36. The topological polar surface area (TPSA) is 118 Å². The monoisotopic (exact) mass is 500 g/mol. The number of fused-ring (bicyclic) bond motifs is 1. The lowest BCUT2D eigenvalue weighted by molar-refractivity contribution is 0.153. The zero-order valence-electron chi connectivity index (χ0n) is 21.1. The van der Waals surface area contributed by atoms with E-state index in [1.54, 1.807) is 4.52 Å². The first-order valence-electron chi connectivity index (χ1n) is 12.6. The van der Waals surface area contributed by atoms with Crippen LogP contribution in [0.5, 0.6) is 6.01 Å². The van der Waals surface area contributed by atoms with Crippen LogP contribution in [0, 0.1) is 0 Å². The number of hydrogen-bond acceptors (Lipinski definition) is 7. The average Bonchev–Trinajstić information content (AvgIpc) is 3.34. The molecule has 1 aliphatic rings. The third kappa shape index (κ3) is 5.97. The molecule has 0 radical (unpaired) electrons. The van der Waals surface area contributed by atoms with E-state index in [4.69, 9.17) is 9.72 Å². The molecule has 4 aromatic rings. The van der Waals surface area contributed by atoms with E-state index in [0.29, 0.717) is 24.2 Å². The molecule has 0 unspecified atom stereocenters. The van der Waals surface area contributed by atoms with Crippen LogP contribution in [0.1, 0.15) is 43.7 Å². The highest BCUT2D eigenvalue weighted by Gasteiger charge is 2.20. The fraction of sp³-hybridized carbons (Fsp3) is 0.333. The Bertz CT molecular complexity index is 1350. The van der Waals surface area contributed by atoms with Crippen molar-refractivity contribution < 1.29 is 9.53 Å². The number of amides is 2. The van der Waals surface area contributed by atoms with Crippen molar-refractivity contribution >= 4 is 29.0 Å². The van der Waals surface area contributed by atoms with E-state index in [2.05, 4.69) is 45.2 Å². The van der Waals surface area contributed by atoms with Gasteiger partial charge in [-0.1, -0.05) is 50.2 Å². The van der Waals surface area contributed by atoms with Crippen LogP contribution in [-0.4, -0.2) is 44.8 Å². The van der Waals surface area contributed by atoms with Crippen LogP contribution >= 0.6 is 0 Å². The summed E-state index contributed by atoms with van der Waals surface area (Å²) in [5.74, 6) is 0.775. The zero-order chi connectivity index (χ0) is 25.6. The predicted molar refractivity (Wildman–Crippen MR) is 144 cm³/mol. The number of ether oxygens (including phenoxy) is 1. The van der Waals surface area contributed by atoms with Gasteiger partial charge >= 0.3 is 12.0 Å². The minimum absolute atomic E-state index is 0.0301. The Kier molecular flexibility index (Phi) is 7.46. The number of carbonyl (C=O) groups excluding carboxylic acids is 1. The first-order valence-corrected chi connectivity index (χ1v) is 12.6. The van der Waals surface area contributed by atoms with Crippen LogP contribution in [-0.2, 0) is 6.54 Å². The van der Waals surface area contributed by atoms with E-state index < -0.39 is 0 Å². The van der Waals surface area contributed by atoms with Crippen molar-refractivity contribution in [3.8, 4) is 6.01 Å². The summed E-state index contributed by atoms with van der Waals surface area (Å²) in [6.45, 7) is 6.41. The van der Waals surface area contributed by atoms with Crippen molar-refractivity contribution in [2.75, 3.05) is 29.0 Å². The van der Waals surface area contributed by atoms with Crippen molar-refractivity contribution in [1.29, 1.82) is 0 Å². The standard InChI is InChI=1S/C27H32N8O2/c1-18(2)22-17-30-35-24(22)33-27(37-21-12-8-14-28-16-21)34-25(35)29-15-19-9-6-7-13-23(19)32-26(36)31-20-10-4-3-5-11-20/h3-7,9-11,13,17-18,21,28H,8,12,14-16H2,1-2H3,(H,29,33,34)(H2,31,32,36)/t21-/m1/s1. The van der Waals surface area contributed by atoms with Gasteiger partial charge in [0.05, 0.1) is 6.20 Å². The van der Waals surface area contributed by atoms with Gasteiger partial charge in [-0.2, -0.15) is 19.6 Å². The zero-order valence-corrected chi connectivity index (χ0v) is 21.1. The number of carbonyl (C=O) groups is 1. The SMILES string of the molecule is CC(C)c1cnn2c(NCc3ccccc3NC(=O)Nc3ccccc3)nc(O[C@@H]3CCCNC3)nc12. The molecule has 10 nitrogen and oxygen atoms in total. The Hall–Kier alpha value is -4.18. The van der Waals surface area contributed by atoms with Crippen molar-refractivity contribution in [1.82, 2.24) is 24.9 Å². The van der Waals surface area contributed by atoms with Crippen LogP contribution in [0.25, 0.3) is 5.65 Å². The molecule has 2 amide bonds. The van der Waals surface area contributed by atoms with Gasteiger partial charge in [0.25, 0.3) is 0 Å². The molecule has 0 bridgehead atoms. The Morgan fingerprint density at radius 2 is 1.92 bits per heavy atom. The molecule has 1 saturated heterocycles. The van der Waals surface area contributed by atoms with Crippen molar-refractivity contribution in [3.63, 3.8) is 0 Å².